The van der Waals surface area contributed by atoms with E-state index < -0.39 is 29.8 Å². The standard InChI is InChI=1S/C12H23NO4/c1-7(10(14)12(4,5)6)17-11(15)8(2)16-9(3)13/h7-9H,13H2,1-6H3. The zero-order chi connectivity index (χ0) is 13.8. The lowest BCUT2D eigenvalue weighted by molar-refractivity contribution is -0.168. The minimum Gasteiger partial charge on any atom is -0.453 e. The Bertz CT molecular complexity index is 281. The summed E-state index contributed by atoms with van der Waals surface area (Å²) in [6.45, 7) is 10.1. The smallest absolute Gasteiger partial charge is 0.335 e. The van der Waals surface area contributed by atoms with Gasteiger partial charge in [0.15, 0.2) is 18.0 Å². The predicted molar refractivity (Wildman–Crippen MR) is 64.2 cm³/mol. The normalized spacial score (nSPS) is 17.1. The highest BCUT2D eigenvalue weighted by Crippen LogP contribution is 2.18. The van der Waals surface area contributed by atoms with Crippen LogP contribution < -0.4 is 5.73 Å². The molecule has 3 atom stereocenters. The van der Waals surface area contributed by atoms with Crippen LogP contribution in [0.4, 0.5) is 0 Å². The monoisotopic (exact) mass is 245 g/mol. The zero-order valence-electron chi connectivity index (χ0n) is 11.4. The lowest BCUT2D eigenvalue weighted by Crippen LogP contribution is -2.38. The number of carbonyl (C=O) groups excluding carboxylic acids is 2. The van der Waals surface area contributed by atoms with E-state index in [2.05, 4.69) is 0 Å². The third kappa shape index (κ3) is 5.79. The number of rotatable bonds is 5. The van der Waals surface area contributed by atoms with Gasteiger partial charge in [-0.05, 0) is 20.8 Å². The molecule has 0 aliphatic heterocycles. The summed E-state index contributed by atoms with van der Waals surface area (Å²) in [4.78, 5) is 23.4. The maximum absolute atomic E-state index is 11.8. The van der Waals surface area contributed by atoms with Crippen molar-refractivity contribution in [3.8, 4) is 0 Å². The predicted octanol–water partition coefficient (Wildman–Crippen LogP) is 1.24. The first-order valence-electron chi connectivity index (χ1n) is 5.71. The molecule has 3 unspecified atom stereocenters. The number of carbonyl (C=O) groups is 2. The Morgan fingerprint density at radius 2 is 1.53 bits per heavy atom. The van der Waals surface area contributed by atoms with E-state index in [-0.39, 0.29) is 5.78 Å². The van der Waals surface area contributed by atoms with E-state index in [1.807, 2.05) is 0 Å². The van der Waals surface area contributed by atoms with Crippen LogP contribution in [0, 0.1) is 5.41 Å². The van der Waals surface area contributed by atoms with E-state index in [9.17, 15) is 9.59 Å². The van der Waals surface area contributed by atoms with Gasteiger partial charge in [0.2, 0.25) is 0 Å². The van der Waals surface area contributed by atoms with Gasteiger partial charge >= 0.3 is 5.97 Å². The van der Waals surface area contributed by atoms with E-state index in [1.165, 1.54) is 0 Å². The quantitative estimate of drug-likeness (QED) is 0.582. The van der Waals surface area contributed by atoms with Crippen molar-refractivity contribution < 1.29 is 19.1 Å². The Labute approximate surface area is 103 Å². The fraction of sp³-hybridized carbons (Fsp3) is 0.833. The van der Waals surface area contributed by atoms with Crippen LogP contribution in [0.25, 0.3) is 0 Å². The van der Waals surface area contributed by atoms with Gasteiger partial charge in [0.1, 0.15) is 6.23 Å². The van der Waals surface area contributed by atoms with Crippen molar-refractivity contribution in [3.05, 3.63) is 0 Å². The van der Waals surface area contributed by atoms with Gasteiger partial charge in [0, 0.05) is 5.41 Å². The lowest BCUT2D eigenvalue weighted by Gasteiger charge is -2.23. The van der Waals surface area contributed by atoms with Crippen molar-refractivity contribution >= 4 is 11.8 Å². The average Bonchev–Trinajstić information content (AvgIpc) is 2.13. The highest BCUT2D eigenvalue weighted by Gasteiger charge is 2.30. The Hall–Kier alpha value is -0.940. The molecule has 0 saturated heterocycles. The van der Waals surface area contributed by atoms with Crippen LogP contribution in [0.3, 0.4) is 0 Å². The molecular formula is C12H23NO4. The highest BCUT2D eigenvalue weighted by atomic mass is 16.6. The number of Topliss-reactive ketones (excluding diaryl/α,β-unsaturated/α-hetero) is 1. The van der Waals surface area contributed by atoms with Gasteiger partial charge in [-0.1, -0.05) is 20.8 Å². The molecule has 0 aromatic heterocycles. The Kier molecular flexibility index (Phi) is 5.78. The molecule has 100 valence electrons. The molecule has 0 bridgehead atoms. The molecule has 0 spiro atoms. The van der Waals surface area contributed by atoms with Crippen LogP contribution in [-0.4, -0.2) is 30.2 Å². The van der Waals surface area contributed by atoms with Gasteiger partial charge < -0.3 is 15.2 Å². The number of esters is 1. The van der Waals surface area contributed by atoms with Gasteiger partial charge in [-0.25, -0.2) is 4.79 Å². The molecule has 0 aliphatic carbocycles. The van der Waals surface area contributed by atoms with Gasteiger partial charge in [-0.3, -0.25) is 4.79 Å². The average molecular weight is 245 g/mol. The summed E-state index contributed by atoms with van der Waals surface area (Å²) >= 11 is 0. The summed E-state index contributed by atoms with van der Waals surface area (Å²) in [7, 11) is 0. The highest BCUT2D eigenvalue weighted by molar-refractivity contribution is 5.89. The molecule has 0 rings (SSSR count). The van der Waals surface area contributed by atoms with Crippen LogP contribution in [0.1, 0.15) is 41.5 Å². The van der Waals surface area contributed by atoms with Gasteiger partial charge in [0.25, 0.3) is 0 Å². The van der Waals surface area contributed by atoms with E-state index in [0.29, 0.717) is 0 Å². The van der Waals surface area contributed by atoms with Crippen molar-refractivity contribution in [1.82, 2.24) is 0 Å². The third-order valence-electron chi connectivity index (χ3n) is 2.15. The zero-order valence-corrected chi connectivity index (χ0v) is 11.4. The molecule has 0 amide bonds. The number of hydrogen-bond donors (Lipinski definition) is 1. The first-order chi connectivity index (χ1) is 7.55. The molecule has 0 radical (unpaired) electrons. The van der Waals surface area contributed by atoms with E-state index >= 15 is 0 Å². The second kappa shape index (κ2) is 6.12. The lowest BCUT2D eigenvalue weighted by atomic mass is 9.88. The number of ether oxygens (including phenoxy) is 2. The number of ketones is 1. The minimum absolute atomic E-state index is 0.126. The largest absolute Gasteiger partial charge is 0.453 e. The maximum atomic E-state index is 11.8. The number of hydrogen-bond acceptors (Lipinski definition) is 5. The fourth-order valence-electron chi connectivity index (χ4n) is 1.31. The molecule has 5 heteroatoms. The molecule has 0 aromatic carbocycles. The van der Waals surface area contributed by atoms with Crippen molar-refractivity contribution in [2.24, 2.45) is 11.1 Å². The van der Waals surface area contributed by atoms with Crippen LogP contribution in [0.15, 0.2) is 0 Å². The molecule has 2 N–H and O–H groups in total. The summed E-state index contributed by atoms with van der Waals surface area (Å²) in [5, 5.41) is 0. The second-order valence-electron chi connectivity index (χ2n) is 5.18. The molecule has 5 nitrogen and oxygen atoms in total. The fourth-order valence-corrected chi connectivity index (χ4v) is 1.31. The summed E-state index contributed by atoms with van der Waals surface area (Å²) in [5.74, 6) is -0.703. The second-order valence-corrected chi connectivity index (χ2v) is 5.18. The molecule has 0 heterocycles. The summed E-state index contributed by atoms with van der Waals surface area (Å²) in [6, 6.07) is 0. The van der Waals surface area contributed by atoms with E-state index in [4.69, 9.17) is 15.2 Å². The molecule has 0 aromatic rings. The first kappa shape index (κ1) is 16.1. The Morgan fingerprint density at radius 1 is 1.06 bits per heavy atom. The van der Waals surface area contributed by atoms with Crippen LogP contribution in [0.5, 0.6) is 0 Å². The Morgan fingerprint density at radius 3 is 1.88 bits per heavy atom. The van der Waals surface area contributed by atoms with Gasteiger partial charge in [-0.2, -0.15) is 0 Å². The van der Waals surface area contributed by atoms with Crippen LogP contribution >= 0.6 is 0 Å². The SMILES string of the molecule is CC(N)OC(C)C(=O)OC(C)C(=O)C(C)(C)C. The van der Waals surface area contributed by atoms with E-state index in [1.54, 1.807) is 41.5 Å². The minimum atomic E-state index is -0.776. The van der Waals surface area contributed by atoms with Crippen molar-refractivity contribution in [3.63, 3.8) is 0 Å². The van der Waals surface area contributed by atoms with Gasteiger partial charge in [-0.15, -0.1) is 0 Å². The van der Waals surface area contributed by atoms with Crippen molar-refractivity contribution in [1.29, 1.82) is 0 Å². The summed E-state index contributed by atoms with van der Waals surface area (Å²) < 4.78 is 10.1. The van der Waals surface area contributed by atoms with E-state index in [0.717, 1.165) is 0 Å². The number of nitrogens with two attached hydrogens (primary N) is 1. The van der Waals surface area contributed by atoms with Crippen molar-refractivity contribution in [2.75, 3.05) is 0 Å². The van der Waals surface area contributed by atoms with Crippen LogP contribution in [-0.2, 0) is 19.1 Å². The molecule has 0 fully saturated rings. The topological polar surface area (TPSA) is 78.6 Å². The third-order valence-corrected chi connectivity index (χ3v) is 2.15. The van der Waals surface area contributed by atoms with Crippen LogP contribution in [0.2, 0.25) is 0 Å². The molecular weight excluding hydrogens is 222 g/mol. The molecule has 0 aliphatic rings. The maximum Gasteiger partial charge on any atom is 0.335 e. The summed E-state index contributed by atoms with van der Waals surface area (Å²) in [5.41, 5.74) is 4.86. The van der Waals surface area contributed by atoms with Crippen molar-refractivity contribution in [2.45, 2.75) is 60.0 Å². The van der Waals surface area contributed by atoms with Gasteiger partial charge in [0.05, 0.1) is 0 Å². The first-order valence-corrected chi connectivity index (χ1v) is 5.71. The Balaban J connectivity index is 4.35. The molecule has 0 saturated carbocycles. The molecule has 17 heavy (non-hydrogen) atoms. The summed E-state index contributed by atoms with van der Waals surface area (Å²) in [6.07, 6.45) is -2.10.